The summed E-state index contributed by atoms with van der Waals surface area (Å²) in [4.78, 5) is 29.3. The fraction of sp³-hybridized carbons (Fsp3) is 0.333. The number of aromatic nitrogens is 3. The number of benzene rings is 2. The van der Waals surface area contributed by atoms with Crippen molar-refractivity contribution in [3.05, 3.63) is 78.4 Å². The Hall–Kier alpha value is -3.68. The van der Waals surface area contributed by atoms with Crippen molar-refractivity contribution >= 4 is 12.0 Å². The van der Waals surface area contributed by atoms with E-state index in [0.717, 1.165) is 23.2 Å². The van der Waals surface area contributed by atoms with Crippen LogP contribution < -0.4 is 10.6 Å². The van der Waals surface area contributed by atoms with Crippen LogP contribution in [0.3, 0.4) is 0 Å². The number of ether oxygens (including phenoxy) is 1. The number of alkyl carbamates (subject to hydrolysis) is 1. The molecular weight excluding hydrogens is 406 g/mol. The van der Waals surface area contributed by atoms with E-state index in [4.69, 9.17) is 4.74 Å². The third-order valence-corrected chi connectivity index (χ3v) is 5.42. The molecule has 0 radical (unpaired) electrons. The minimum Gasteiger partial charge on any atom is -0.445 e. The zero-order valence-corrected chi connectivity index (χ0v) is 18.6. The summed E-state index contributed by atoms with van der Waals surface area (Å²) in [6.45, 7) is 5.97. The Morgan fingerprint density at radius 2 is 1.75 bits per heavy atom. The van der Waals surface area contributed by atoms with E-state index in [0.29, 0.717) is 0 Å². The van der Waals surface area contributed by atoms with E-state index in [1.807, 2.05) is 75.4 Å². The zero-order valence-electron chi connectivity index (χ0n) is 18.6. The number of hydrogen-bond acceptors (Lipinski definition) is 5. The molecular formula is C24H29N5O3. The van der Waals surface area contributed by atoms with Crippen molar-refractivity contribution in [3.8, 4) is 5.69 Å². The highest BCUT2D eigenvalue weighted by atomic mass is 16.5. The molecule has 32 heavy (non-hydrogen) atoms. The van der Waals surface area contributed by atoms with Crippen LogP contribution in [0.2, 0.25) is 0 Å². The maximum Gasteiger partial charge on any atom is 0.408 e. The number of nitrogens with zero attached hydrogens (tertiary/aromatic N) is 3. The van der Waals surface area contributed by atoms with Gasteiger partial charge in [0.1, 0.15) is 25.3 Å². The normalized spacial score (nSPS) is 13.6. The predicted molar refractivity (Wildman–Crippen MR) is 121 cm³/mol. The highest BCUT2D eigenvalue weighted by molar-refractivity contribution is 5.86. The van der Waals surface area contributed by atoms with Gasteiger partial charge in [-0.05, 0) is 36.1 Å². The Labute approximate surface area is 188 Å². The molecule has 0 fully saturated rings. The van der Waals surface area contributed by atoms with Crippen molar-refractivity contribution in [2.24, 2.45) is 5.92 Å². The number of rotatable bonds is 9. The van der Waals surface area contributed by atoms with Gasteiger partial charge in [0.15, 0.2) is 0 Å². The number of nitrogens with one attached hydrogen (secondary N) is 2. The van der Waals surface area contributed by atoms with Crippen LogP contribution in [0.15, 0.2) is 67.3 Å². The molecule has 8 heteroatoms. The number of carbonyl (C=O) groups excluding carboxylic acids is 2. The van der Waals surface area contributed by atoms with Crippen LogP contribution in [-0.2, 0) is 16.1 Å². The maximum atomic E-state index is 13.0. The van der Waals surface area contributed by atoms with E-state index in [-0.39, 0.29) is 24.5 Å². The SMILES string of the molecule is CC[C@H](C)[C@H](NC(=O)OCc1ccccc1)C(=O)NC(C)c1ccc(-n2cncn2)cc1. The van der Waals surface area contributed by atoms with E-state index in [1.165, 1.54) is 6.33 Å². The lowest BCUT2D eigenvalue weighted by Crippen LogP contribution is -2.50. The smallest absolute Gasteiger partial charge is 0.408 e. The maximum absolute atomic E-state index is 13.0. The van der Waals surface area contributed by atoms with E-state index in [2.05, 4.69) is 20.7 Å². The molecule has 2 N–H and O–H groups in total. The molecule has 1 unspecified atom stereocenters. The number of hydrogen-bond donors (Lipinski definition) is 2. The van der Waals surface area contributed by atoms with Crippen LogP contribution >= 0.6 is 0 Å². The molecule has 3 atom stereocenters. The molecule has 2 aromatic carbocycles. The summed E-state index contributed by atoms with van der Waals surface area (Å²) in [5, 5.41) is 9.84. The highest BCUT2D eigenvalue weighted by Crippen LogP contribution is 2.17. The van der Waals surface area contributed by atoms with Gasteiger partial charge in [-0.15, -0.1) is 0 Å². The summed E-state index contributed by atoms with van der Waals surface area (Å²) in [7, 11) is 0. The Morgan fingerprint density at radius 3 is 2.38 bits per heavy atom. The monoisotopic (exact) mass is 435 g/mol. The second-order valence-electron chi connectivity index (χ2n) is 7.73. The van der Waals surface area contributed by atoms with Gasteiger partial charge in [0.05, 0.1) is 11.7 Å². The lowest BCUT2D eigenvalue weighted by molar-refractivity contribution is -0.124. The summed E-state index contributed by atoms with van der Waals surface area (Å²) in [6.07, 6.45) is 3.22. The molecule has 0 spiro atoms. The van der Waals surface area contributed by atoms with Crippen molar-refractivity contribution < 1.29 is 14.3 Å². The van der Waals surface area contributed by atoms with Gasteiger partial charge in [-0.25, -0.2) is 14.5 Å². The van der Waals surface area contributed by atoms with Gasteiger partial charge >= 0.3 is 6.09 Å². The molecule has 0 saturated carbocycles. The molecule has 0 aliphatic rings. The van der Waals surface area contributed by atoms with Gasteiger partial charge in [-0.2, -0.15) is 5.10 Å². The fourth-order valence-corrected chi connectivity index (χ4v) is 3.24. The summed E-state index contributed by atoms with van der Waals surface area (Å²) in [6, 6.07) is 16.2. The van der Waals surface area contributed by atoms with Crippen molar-refractivity contribution in [1.82, 2.24) is 25.4 Å². The Bertz CT molecular complexity index is 990. The third-order valence-electron chi connectivity index (χ3n) is 5.42. The van der Waals surface area contributed by atoms with Gasteiger partial charge in [-0.1, -0.05) is 62.7 Å². The molecule has 8 nitrogen and oxygen atoms in total. The molecule has 0 aliphatic carbocycles. The van der Waals surface area contributed by atoms with Gasteiger partial charge in [0.2, 0.25) is 5.91 Å². The molecule has 1 heterocycles. The summed E-state index contributed by atoms with van der Waals surface area (Å²) >= 11 is 0. The van der Waals surface area contributed by atoms with Crippen LogP contribution in [0, 0.1) is 5.92 Å². The second kappa shape index (κ2) is 11.1. The van der Waals surface area contributed by atoms with E-state index in [1.54, 1.807) is 11.0 Å². The van der Waals surface area contributed by atoms with Gasteiger partial charge in [0.25, 0.3) is 0 Å². The third kappa shape index (κ3) is 6.16. The van der Waals surface area contributed by atoms with Gasteiger partial charge < -0.3 is 15.4 Å². The first-order chi connectivity index (χ1) is 15.5. The van der Waals surface area contributed by atoms with Crippen LogP contribution in [0.25, 0.3) is 5.69 Å². The average molecular weight is 436 g/mol. The molecule has 3 aromatic rings. The van der Waals surface area contributed by atoms with E-state index in [9.17, 15) is 9.59 Å². The largest absolute Gasteiger partial charge is 0.445 e. The van der Waals surface area contributed by atoms with Crippen LogP contribution in [0.1, 0.15) is 44.4 Å². The standard InChI is InChI=1S/C24H29N5O3/c1-4-17(2)22(28-24(31)32-14-19-8-6-5-7-9-19)23(30)27-18(3)20-10-12-21(13-11-20)29-16-25-15-26-29/h5-13,15-18,22H,4,14H2,1-3H3,(H,27,30)(H,28,31)/t17-,18?,22-/m0/s1. The van der Waals surface area contributed by atoms with Crippen molar-refractivity contribution in [1.29, 1.82) is 0 Å². The topological polar surface area (TPSA) is 98.1 Å². The first kappa shape index (κ1) is 23.0. The second-order valence-corrected chi connectivity index (χ2v) is 7.73. The molecule has 1 aromatic heterocycles. The quantitative estimate of drug-likeness (QED) is 0.533. The van der Waals surface area contributed by atoms with Crippen LogP contribution in [-0.4, -0.2) is 32.8 Å². The Balaban J connectivity index is 1.59. The first-order valence-electron chi connectivity index (χ1n) is 10.7. The summed E-state index contributed by atoms with van der Waals surface area (Å²) in [5.41, 5.74) is 2.71. The van der Waals surface area contributed by atoms with Crippen molar-refractivity contribution in [2.45, 2.75) is 45.9 Å². The Morgan fingerprint density at radius 1 is 1.03 bits per heavy atom. The predicted octanol–water partition coefficient (Wildman–Crippen LogP) is 3.79. The van der Waals surface area contributed by atoms with Gasteiger partial charge in [-0.3, -0.25) is 4.79 Å². The number of carbonyl (C=O) groups is 2. The number of amides is 2. The average Bonchev–Trinajstić information content (AvgIpc) is 3.36. The Kier molecular flexibility index (Phi) is 7.96. The van der Waals surface area contributed by atoms with E-state index >= 15 is 0 Å². The first-order valence-corrected chi connectivity index (χ1v) is 10.7. The van der Waals surface area contributed by atoms with Crippen molar-refractivity contribution in [2.75, 3.05) is 0 Å². The molecule has 0 saturated heterocycles. The zero-order chi connectivity index (χ0) is 22.9. The minimum atomic E-state index is -0.694. The van der Waals surface area contributed by atoms with Crippen LogP contribution in [0.4, 0.5) is 4.79 Å². The molecule has 168 valence electrons. The van der Waals surface area contributed by atoms with Gasteiger partial charge in [0, 0.05) is 0 Å². The minimum absolute atomic E-state index is 0.0545. The highest BCUT2D eigenvalue weighted by Gasteiger charge is 2.27. The molecule has 0 bridgehead atoms. The summed E-state index contributed by atoms with van der Waals surface area (Å²) in [5.74, 6) is -0.301. The molecule has 0 aliphatic heterocycles. The van der Waals surface area contributed by atoms with Crippen LogP contribution in [0.5, 0.6) is 0 Å². The molecule has 2 amide bonds. The fourth-order valence-electron chi connectivity index (χ4n) is 3.24. The van der Waals surface area contributed by atoms with Crippen molar-refractivity contribution in [3.63, 3.8) is 0 Å². The molecule has 3 rings (SSSR count). The summed E-state index contributed by atoms with van der Waals surface area (Å²) < 4.78 is 6.96. The lowest BCUT2D eigenvalue weighted by atomic mass is 9.97. The lowest BCUT2D eigenvalue weighted by Gasteiger charge is -2.25. The van der Waals surface area contributed by atoms with E-state index < -0.39 is 12.1 Å².